The van der Waals surface area contributed by atoms with E-state index in [4.69, 9.17) is 0 Å². The Hall–Kier alpha value is -1.15. The molecule has 1 heterocycles. The molecule has 0 bridgehead atoms. The zero-order valence-corrected chi connectivity index (χ0v) is 10.9. The van der Waals surface area contributed by atoms with Gasteiger partial charge in [0.05, 0.1) is 0 Å². The lowest BCUT2D eigenvalue weighted by Gasteiger charge is -2.24. The minimum absolute atomic E-state index is 0.189. The third-order valence-electron chi connectivity index (χ3n) is 3.41. The maximum absolute atomic E-state index is 11.4. The van der Waals surface area contributed by atoms with E-state index >= 15 is 0 Å². The van der Waals surface area contributed by atoms with Crippen LogP contribution in [0, 0.1) is 0 Å². The summed E-state index contributed by atoms with van der Waals surface area (Å²) in [7, 11) is 0. The maximum Gasteiger partial charge on any atom is 0.136 e. The minimum atomic E-state index is 0.189. The molecule has 2 heteroatoms. The van der Waals surface area contributed by atoms with E-state index in [2.05, 4.69) is 50.4 Å². The minimum Gasteiger partial charge on any atom is -0.309 e. The topological polar surface area (TPSA) is 29.1 Å². The van der Waals surface area contributed by atoms with Crippen molar-refractivity contribution in [3.8, 4) is 0 Å². The Morgan fingerprint density at radius 3 is 2.35 bits per heavy atom. The molecule has 0 radical (unpaired) electrons. The lowest BCUT2D eigenvalue weighted by Crippen LogP contribution is -2.31. The quantitative estimate of drug-likeness (QED) is 0.805. The van der Waals surface area contributed by atoms with Crippen LogP contribution in [0.4, 0.5) is 0 Å². The molecule has 1 aliphatic heterocycles. The number of hydrogen-bond donors (Lipinski definition) is 1. The number of ketones is 1. The van der Waals surface area contributed by atoms with Crippen LogP contribution in [-0.4, -0.2) is 12.3 Å². The van der Waals surface area contributed by atoms with Gasteiger partial charge in [-0.2, -0.15) is 0 Å². The molecule has 92 valence electrons. The number of carbonyl (C=O) groups excluding carboxylic acids is 1. The highest BCUT2D eigenvalue weighted by atomic mass is 16.1. The maximum atomic E-state index is 11.4. The van der Waals surface area contributed by atoms with Gasteiger partial charge in [0, 0.05) is 25.4 Å². The third-order valence-corrected chi connectivity index (χ3v) is 3.41. The molecule has 1 fully saturated rings. The number of rotatable bonds is 1. The predicted molar refractivity (Wildman–Crippen MR) is 70.1 cm³/mol. The molecule has 0 aromatic heterocycles. The van der Waals surface area contributed by atoms with Crippen LogP contribution in [0.2, 0.25) is 0 Å². The number of Topliss-reactive ketones (excluding diaryl/α,β-unsaturated/α-hetero) is 1. The largest absolute Gasteiger partial charge is 0.309 e. The van der Waals surface area contributed by atoms with E-state index in [0.717, 1.165) is 6.54 Å². The molecule has 1 aliphatic rings. The average molecular weight is 231 g/mol. The molecule has 2 nitrogen and oxygen atoms in total. The summed E-state index contributed by atoms with van der Waals surface area (Å²) in [4.78, 5) is 11.4. The SMILES string of the molecule is CC(C)(C)c1ccc(C2CC(=O)CCN2)cc1. The monoisotopic (exact) mass is 231 g/mol. The van der Waals surface area contributed by atoms with E-state index in [9.17, 15) is 4.79 Å². The Morgan fingerprint density at radius 2 is 1.82 bits per heavy atom. The van der Waals surface area contributed by atoms with Crippen molar-refractivity contribution < 1.29 is 4.79 Å². The molecule has 0 saturated carbocycles. The molecule has 0 aliphatic carbocycles. The van der Waals surface area contributed by atoms with Gasteiger partial charge in [-0.1, -0.05) is 45.0 Å². The summed E-state index contributed by atoms with van der Waals surface area (Å²) in [5.41, 5.74) is 2.75. The van der Waals surface area contributed by atoms with Crippen molar-refractivity contribution in [2.45, 2.75) is 45.1 Å². The second-order valence-electron chi connectivity index (χ2n) is 5.87. The molecular weight excluding hydrogens is 210 g/mol. The predicted octanol–water partition coefficient (Wildman–Crippen LogP) is 2.98. The lowest BCUT2D eigenvalue weighted by atomic mass is 9.85. The summed E-state index contributed by atoms with van der Waals surface area (Å²) in [5.74, 6) is 0.369. The number of piperidine rings is 1. The molecular formula is C15H21NO. The van der Waals surface area contributed by atoms with Crippen molar-refractivity contribution in [1.29, 1.82) is 0 Å². The van der Waals surface area contributed by atoms with Gasteiger partial charge in [0.2, 0.25) is 0 Å². The fourth-order valence-electron chi connectivity index (χ4n) is 2.24. The fourth-order valence-corrected chi connectivity index (χ4v) is 2.24. The second-order valence-corrected chi connectivity index (χ2v) is 5.87. The standard InChI is InChI=1S/C15H21NO/c1-15(2,3)12-6-4-11(5-7-12)14-10-13(17)8-9-16-14/h4-7,14,16H,8-10H2,1-3H3. The van der Waals surface area contributed by atoms with Gasteiger partial charge in [0.15, 0.2) is 0 Å². The molecule has 2 rings (SSSR count). The van der Waals surface area contributed by atoms with E-state index in [1.54, 1.807) is 0 Å². The Balaban J connectivity index is 2.15. The summed E-state index contributed by atoms with van der Waals surface area (Å²) >= 11 is 0. The van der Waals surface area contributed by atoms with Crippen LogP contribution in [0.15, 0.2) is 24.3 Å². The zero-order chi connectivity index (χ0) is 12.5. The summed E-state index contributed by atoms with van der Waals surface area (Å²) in [6.45, 7) is 7.45. The van der Waals surface area contributed by atoms with Gasteiger partial charge >= 0.3 is 0 Å². The van der Waals surface area contributed by atoms with Gasteiger partial charge in [-0.25, -0.2) is 0 Å². The van der Waals surface area contributed by atoms with Gasteiger partial charge < -0.3 is 5.32 Å². The summed E-state index contributed by atoms with van der Waals surface area (Å²) < 4.78 is 0. The first kappa shape index (κ1) is 12.3. The molecule has 1 aromatic carbocycles. The Bertz CT molecular complexity index is 400. The Labute approximate surface area is 103 Å². The Kier molecular flexibility index (Phi) is 3.34. The van der Waals surface area contributed by atoms with E-state index < -0.39 is 0 Å². The van der Waals surface area contributed by atoms with Crippen LogP contribution in [-0.2, 0) is 10.2 Å². The van der Waals surface area contributed by atoms with Gasteiger partial charge in [-0.05, 0) is 16.5 Å². The molecule has 17 heavy (non-hydrogen) atoms. The van der Waals surface area contributed by atoms with Gasteiger partial charge in [0.1, 0.15) is 5.78 Å². The van der Waals surface area contributed by atoms with Crippen LogP contribution in [0.3, 0.4) is 0 Å². The van der Waals surface area contributed by atoms with E-state index in [1.165, 1.54) is 11.1 Å². The van der Waals surface area contributed by atoms with Gasteiger partial charge in [-0.3, -0.25) is 4.79 Å². The normalized spacial score (nSPS) is 21.6. The highest BCUT2D eigenvalue weighted by Crippen LogP contribution is 2.26. The first-order valence-electron chi connectivity index (χ1n) is 6.32. The summed E-state index contributed by atoms with van der Waals surface area (Å²) in [6.07, 6.45) is 1.31. The average Bonchev–Trinajstić information content (AvgIpc) is 2.28. The second kappa shape index (κ2) is 4.61. The van der Waals surface area contributed by atoms with E-state index in [-0.39, 0.29) is 11.5 Å². The third kappa shape index (κ3) is 2.95. The molecule has 0 amide bonds. The fraction of sp³-hybridized carbons (Fsp3) is 0.533. The summed E-state index contributed by atoms with van der Waals surface area (Å²) in [6, 6.07) is 8.87. The van der Waals surface area contributed by atoms with E-state index in [1.807, 2.05) is 0 Å². The van der Waals surface area contributed by atoms with Crippen molar-refractivity contribution in [2.24, 2.45) is 0 Å². The first-order valence-corrected chi connectivity index (χ1v) is 6.32. The van der Waals surface area contributed by atoms with Gasteiger partial charge in [-0.15, -0.1) is 0 Å². The molecule has 1 unspecified atom stereocenters. The lowest BCUT2D eigenvalue weighted by molar-refractivity contribution is -0.120. The number of benzene rings is 1. The molecule has 1 saturated heterocycles. The Morgan fingerprint density at radius 1 is 1.18 bits per heavy atom. The number of hydrogen-bond acceptors (Lipinski definition) is 2. The highest BCUT2D eigenvalue weighted by molar-refractivity contribution is 5.80. The van der Waals surface area contributed by atoms with Crippen LogP contribution in [0.5, 0.6) is 0 Å². The van der Waals surface area contributed by atoms with Crippen molar-refractivity contribution >= 4 is 5.78 Å². The summed E-state index contributed by atoms with van der Waals surface area (Å²) in [5, 5.41) is 3.40. The molecule has 1 atom stereocenters. The molecule has 1 N–H and O–H groups in total. The van der Waals surface area contributed by atoms with Crippen molar-refractivity contribution in [3.63, 3.8) is 0 Å². The van der Waals surface area contributed by atoms with Crippen LogP contribution < -0.4 is 5.32 Å². The number of nitrogens with one attached hydrogen (secondary N) is 1. The first-order chi connectivity index (χ1) is 7.97. The molecule has 0 spiro atoms. The van der Waals surface area contributed by atoms with Crippen molar-refractivity contribution in [1.82, 2.24) is 5.32 Å². The smallest absolute Gasteiger partial charge is 0.136 e. The van der Waals surface area contributed by atoms with E-state index in [0.29, 0.717) is 18.6 Å². The highest BCUT2D eigenvalue weighted by Gasteiger charge is 2.21. The van der Waals surface area contributed by atoms with Crippen molar-refractivity contribution in [2.75, 3.05) is 6.54 Å². The zero-order valence-electron chi connectivity index (χ0n) is 10.9. The van der Waals surface area contributed by atoms with Gasteiger partial charge in [0.25, 0.3) is 0 Å². The van der Waals surface area contributed by atoms with Crippen LogP contribution in [0.1, 0.15) is 50.8 Å². The number of carbonyl (C=O) groups is 1. The molecule has 1 aromatic rings. The van der Waals surface area contributed by atoms with Crippen LogP contribution >= 0.6 is 0 Å². The van der Waals surface area contributed by atoms with Crippen molar-refractivity contribution in [3.05, 3.63) is 35.4 Å². The van der Waals surface area contributed by atoms with Crippen LogP contribution in [0.25, 0.3) is 0 Å².